The van der Waals surface area contributed by atoms with Crippen molar-refractivity contribution in [1.29, 1.82) is 0 Å². The molecule has 1 atom stereocenters. The van der Waals surface area contributed by atoms with E-state index in [1.807, 2.05) is 39.0 Å². The van der Waals surface area contributed by atoms with Crippen LogP contribution in [-0.4, -0.2) is 41.7 Å². The maximum atomic E-state index is 12.1. The number of amides is 2. The van der Waals surface area contributed by atoms with E-state index in [1.54, 1.807) is 4.90 Å². The molecule has 1 saturated carbocycles. The molecule has 6 nitrogen and oxygen atoms in total. The van der Waals surface area contributed by atoms with Gasteiger partial charge < -0.3 is 19.7 Å². The lowest BCUT2D eigenvalue weighted by molar-refractivity contribution is -0.117. The molecule has 2 fully saturated rings. The predicted octanol–water partition coefficient (Wildman–Crippen LogP) is 4.19. The van der Waals surface area contributed by atoms with E-state index in [9.17, 15) is 9.59 Å². The lowest BCUT2D eigenvalue weighted by Crippen LogP contribution is -2.55. The van der Waals surface area contributed by atoms with Gasteiger partial charge >= 0.3 is 6.09 Å². The van der Waals surface area contributed by atoms with Gasteiger partial charge in [0.2, 0.25) is 5.91 Å². The molecule has 0 bridgehead atoms. The minimum Gasteiger partial charge on any atom is -0.490 e. The van der Waals surface area contributed by atoms with Crippen molar-refractivity contribution in [2.75, 3.05) is 18.5 Å². The standard InChI is InChI=1S/C19H25BrN2O4/c1-19(2,3)26-18(24)22-9-8-14(22)11-25-16-7-6-13(10-15(16)20)21-17(23)12-4-5-12/h6-7,10,12,14H,4-5,8-9,11H2,1-3H3,(H,21,23)/t14-/m1/s1. The predicted molar refractivity (Wildman–Crippen MR) is 102 cm³/mol. The van der Waals surface area contributed by atoms with E-state index >= 15 is 0 Å². The smallest absolute Gasteiger partial charge is 0.410 e. The van der Waals surface area contributed by atoms with Crippen LogP contribution in [0.3, 0.4) is 0 Å². The second kappa shape index (κ2) is 7.47. The van der Waals surface area contributed by atoms with Crippen molar-refractivity contribution in [3.63, 3.8) is 0 Å². The van der Waals surface area contributed by atoms with Crippen LogP contribution in [0.1, 0.15) is 40.0 Å². The third-order valence-electron chi connectivity index (χ3n) is 4.35. The Morgan fingerprint density at radius 2 is 2.00 bits per heavy atom. The van der Waals surface area contributed by atoms with E-state index in [1.165, 1.54) is 0 Å². The molecule has 142 valence electrons. The topological polar surface area (TPSA) is 67.9 Å². The zero-order chi connectivity index (χ0) is 18.9. The molecule has 3 rings (SSSR count). The summed E-state index contributed by atoms with van der Waals surface area (Å²) < 4.78 is 12.0. The fourth-order valence-corrected chi connectivity index (χ4v) is 3.14. The number of halogens is 1. The first-order valence-electron chi connectivity index (χ1n) is 8.96. The number of hydrogen-bond donors (Lipinski definition) is 1. The molecule has 1 heterocycles. The van der Waals surface area contributed by atoms with Gasteiger partial charge in [0, 0.05) is 18.2 Å². The maximum absolute atomic E-state index is 12.1. The van der Waals surface area contributed by atoms with E-state index in [4.69, 9.17) is 9.47 Å². The molecule has 2 aliphatic rings. The molecule has 0 spiro atoms. The van der Waals surface area contributed by atoms with Crippen molar-refractivity contribution >= 4 is 33.6 Å². The van der Waals surface area contributed by atoms with Crippen molar-refractivity contribution in [3.05, 3.63) is 22.7 Å². The highest BCUT2D eigenvalue weighted by atomic mass is 79.9. The van der Waals surface area contributed by atoms with Gasteiger partial charge in [0.15, 0.2) is 0 Å². The van der Waals surface area contributed by atoms with Crippen LogP contribution in [0.2, 0.25) is 0 Å². The molecular formula is C19H25BrN2O4. The zero-order valence-corrected chi connectivity index (χ0v) is 17.0. The number of carbonyl (C=O) groups excluding carboxylic acids is 2. The average molecular weight is 425 g/mol. The molecule has 1 aromatic rings. The van der Waals surface area contributed by atoms with Crippen LogP contribution in [0.25, 0.3) is 0 Å². The Morgan fingerprint density at radius 1 is 1.27 bits per heavy atom. The third kappa shape index (κ3) is 4.90. The van der Waals surface area contributed by atoms with Crippen LogP contribution in [-0.2, 0) is 9.53 Å². The minimum atomic E-state index is -0.498. The fourth-order valence-electron chi connectivity index (χ4n) is 2.65. The highest BCUT2D eigenvalue weighted by Gasteiger charge is 2.35. The molecule has 26 heavy (non-hydrogen) atoms. The van der Waals surface area contributed by atoms with Crippen LogP contribution in [0.4, 0.5) is 10.5 Å². The number of likely N-dealkylation sites (tertiary alicyclic amines) is 1. The lowest BCUT2D eigenvalue weighted by Gasteiger charge is -2.41. The quantitative estimate of drug-likeness (QED) is 0.769. The van der Waals surface area contributed by atoms with Gasteiger partial charge in [-0.05, 0) is 74.2 Å². The molecule has 2 amide bonds. The Morgan fingerprint density at radius 3 is 2.54 bits per heavy atom. The van der Waals surface area contributed by atoms with Gasteiger partial charge in [-0.3, -0.25) is 4.79 Å². The van der Waals surface area contributed by atoms with Crippen LogP contribution in [0.5, 0.6) is 5.75 Å². The Balaban J connectivity index is 1.51. The second-order valence-corrected chi connectivity index (χ2v) is 8.69. The summed E-state index contributed by atoms with van der Waals surface area (Å²) in [6, 6.07) is 5.50. The molecule has 0 radical (unpaired) electrons. The minimum absolute atomic E-state index is 0.0194. The van der Waals surface area contributed by atoms with Gasteiger partial charge in [-0.2, -0.15) is 0 Å². The summed E-state index contributed by atoms with van der Waals surface area (Å²) in [6.45, 7) is 6.67. The third-order valence-corrected chi connectivity index (χ3v) is 4.97. The Bertz CT molecular complexity index is 697. The summed E-state index contributed by atoms with van der Waals surface area (Å²) in [5, 5.41) is 2.91. The van der Waals surface area contributed by atoms with Gasteiger partial charge in [-0.25, -0.2) is 4.79 Å². The van der Waals surface area contributed by atoms with Gasteiger partial charge in [0.1, 0.15) is 18.0 Å². The monoisotopic (exact) mass is 424 g/mol. The van der Waals surface area contributed by atoms with E-state index in [-0.39, 0.29) is 24.0 Å². The van der Waals surface area contributed by atoms with E-state index in [0.29, 0.717) is 18.9 Å². The highest BCUT2D eigenvalue weighted by Crippen LogP contribution is 2.33. The van der Waals surface area contributed by atoms with Crippen molar-refractivity contribution in [2.24, 2.45) is 5.92 Å². The normalized spacial score (nSPS) is 19.5. The Labute approximate surface area is 162 Å². The Hall–Kier alpha value is -1.76. The first kappa shape index (κ1) is 19.0. The number of nitrogens with zero attached hydrogens (tertiary/aromatic N) is 1. The van der Waals surface area contributed by atoms with Gasteiger partial charge in [0.25, 0.3) is 0 Å². The molecule has 1 aliphatic carbocycles. The van der Waals surface area contributed by atoms with E-state index in [2.05, 4.69) is 21.2 Å². The Kier molecular flexibility index (Phi) is 5.46. The van der Waals surface area contributed by atoms with Gasteiger partial charge in [-0.15, -0.1) is 0 Å². The van der Waals surface area contributed by atoms with Gasteiger partial charge in [0.05, 0.1) is 10.5 Å². The molecular weight excluding hydrogens is 400 g/mol. The van der Waals surface area contributed by atoms with Crippen molar-refractivity contribution in [1.82, 2.24) is 4.90 Å². The summed E-state index contributed by atoms with van der Waals surface area (Å²) in [6.07, 6.45) is 2.55. The summed E-state index contributed by atoms with van der Waals surface area (Å²) in [7, 11) is 0. The molecule has 1 N–H and O–H groups in total. The van der Waals surface area contributed by atoms with E-state index in [0.717, 1.165) is 29.4 Å². The fraction of sp³-hybridized carbons (Fsp3) is 0.579. The number of carbonyl (C=O) groups is 2. The summed E-state index contributed by atoms with van der Waals surface area (Å²) in [5.74, 6) is 0.931. The van der Waals surface area contributed by atoms with Crippen LogP contribution >= 0.6 is 15.9 Å². The van der Waals surface area contributed by atoms with Crippen LogP contribution in [0.15, 0.2) is 22.7 Å². The maximum Gasteiger partial charge on any atom is 0.410 e. The molecule has 1 aliphatic heterocycles. The highest BCUT2D eigenvalue weighted by molar-refractivity contribution is 9.10. The zero-order valence-electron chi connectivity index (χ0n) is 15.4. The summed E-state index contributed by atoms with van der Waals surface area (Å²) in [5.41, 5.74) is 0.252. The molecule has 7 heteroatoms. The first-order valence-corrected chi connectivity index (χ1v) is 9.75. The number of nitrogens with one attached hydrogen (secondary N) is 1. The molecule has 0 unspecified atom stereocenters. The van der Waals surface area contributed by atoms with E-state index < -0.39 is 5.60 Å². The second-order valence-electron chi connectivity index (χ2n) is 7.84. The number of ether oxygens (including phenoxy) is 2. The van der Waals surface area contributed by atoms with Crippen molar-refractivity contribution in [2.45, 2.75) is 51.7 Å². The molecule has 1 aromatic carbocycles. The largest absolute Gasteiger partial charge is 0.490 e. The van der Waals surface area contributed by atoms with Crippen molar-refractivity contribution in [3.8, 4) is 5.75 Å². The first-order chi connectivity index (χ1) is 12.2. The van der Waals surface area contributed by atoms with Crippen LogP contribution in [0, 0.1) is 5.92 Å². The van der Waals surface area contributed by atoms with Crippen LogP contribution < -0.4 is 10.1 Å². The molecule has 0 aromatic heterocycles. The number of hydrogen-bond acceptors (Lipinski definition) is 4. The number of anilines is 1. The number of benzene rings is 1. The number of rotatable bonds is 5. The SMILES string of the molecule is CC(C)(C)OC(=O)N1CC[C@@H]1COc1ccc(NC(=O)C2CC2)cc1Br. The van der Waals surface area contributed by atoms with Crippen molar-refractivity contribution < 1.29 is 19.1 Å². The lowest BCUT2D eigenvalue weighted by atomic mass is 10.1. The summed E-state index contributed by atoms with van der Waals surface area (Å²) in [4.78, 5) is 25.7. The van der Waals surface area contributed by atoms with Gasteiger partial charge in [-0.1, -0.05) is 0 Å². The average Bonchev–Trinajstić information content (AvgIpc) is 3.31. The summed E-state index contributed by atoms with van der Waals surface area (Å²) >= 11 is 3.48. The molecule has 1 saturated heterocycles.